The molecule has 0 rings (SSSR count). The molecule has 0 aliphatic rings. The van der Waals surface area contributed by atoms with E-state index in [9.17, 15) is 0 Å². The Morgan fingerprint density at radius 1 is 1.00 bits per heavy atom. The van der Waals surface area contributed by atoms with Gasteiger partial charge in [0.1, 0.15) is 0 Å². The monoisotopic (exact) mass is 248 g/mol. The molecule has 1 atom stereocenters. The van der Waals surface area contributed by atoms with Gasteiger partial charge in [-0.2, -0.15) is 0 Å². The van der Waals surface area contributed by atoms with Crippen molar-refractivity contribution in [2.75, 3.05) is 5.33 Å². The van der Waals surface area contributed by atoms with Crippen molar-refractivity contribution in [2.24, 2.45) is 11.8 Å². The van der Waals surface area contributed by atoms with Crippen LogP contribution in [0.3, 0.4) is 0 Å². The summed E-state index contributed by atoms with van der Waals surface area (Å²) in [7, 11) is 0. The first kappa shape index (κ1) is 13.5. The third kappa shape index (κ3) is 7.54. The second-order valence-corrected chi connectivity index (χ2v) is 5.01. The van der Waals surface area contributed by atoms with Crippen molar-refractivity contribution in [3.63, 3.8) is 0 Å². The first-order valence-corrected chi connectivity index (χ1v) is 6.90. The molecular formula is C12H25Br. The molecule has 0 saturated carbocycles. The molecule has 0 radical (unpaired) electrons. The van der Waals surface area contributed by atoms with Crippen LogP contribution in [0.5, 0.6) is 0 Å². The molecule has 0 aromatic carbocycles. The van der Waals surface area contributed by atoms with Gasteiger partial charge >= 0.3 is 0 Å². The van der Waals surface area contributed by atoms with Gasteiger partial charge in [0.25, 0.3) is 0 Å². The maximum Gasteiger partial charge on any atom is 0.00621 e. The number of alkyl halides is 1. The number of hydrogen-bond donors (Lipinski definition) is 0. The number of unbranched alkanes of at least 4 members (excludes halogenated alkanes) is 4. The molecule has 0 nitrogen and oxygen atoms in total. The summed E-state index contributed by atoms with van der Waals surface area (Å²) in [5.74, 6) is 1.73. The summed E-state index contributed by atoms with van der Waals surface area (Å²) in [4.78, 5) is 0. The van der Waals surface area contributed by atoms with Gasteiger partial charge in [-0.25, -0.2) is 0 Å². The fraction of sp³-hybridized carbons (Fsp3) is 1.00. The highest BCUT2D eigenvalue weighted by molar-refractivity contribution is 9.09. The molecular weight excluding hydrogens is 224 g/mol. The predicted octanol–water partition coefficient (Wildman–Crippen LogP) is 5.01. The Hall–Kier alpha value is 0.480. The van der Waals surface area contributed by atoms with Crippen LogP contribution in [0.1, 0.15) is 59.3 Å². The van der Waals surface area contributed by atoms with Gasteiger partial charge in [0, 0.05) is 5.33 Å². The lowest BCUT2D eigenvalue weighted by atomic mass is 9.92. The van der Waals surface area contributed by atoms with E-state index in [0.29, 0.717) is 0 Å². The van der Waals surface area contributed by atoms with E-state index in [4.69, 9.17) is 0 Å². The van der Waals surface area contributed by atoms with Crippen molar-refractivity contribution in [1.29, 1.82) is 0 Å². The highest BCUT2D eigenvalue weighted by Gasteiger charge is 2.10. The maximum absolute atomic E-state index is 3.60. The molecule has 0 aliphatic carbocycles. The van der Waals surface area contributed by atoms with Crippen LogP contribution in [0.2, 0.25) is 0 Å². The molecule has 0 spiro atoms. The average Bonchev–Trinajstić information content (AvgIpc) is 2.10. The molecule has 1 unspecified atom stereocenters. The minimum Gasteiger partial charge on any atom is -0.0925 e. The van der Waals surface area contributed by atoms with E-state index in [2.05, 4.69) is 36.7 Å². The van der Waals surface area contributed by atoms with Crippen molar-refractivity contribution < 1.29 is 0 Å². The second-order valence-electron chi connectivity index (χ2n) is 4.36. The van der Waals surface area contributed by atoms with E-state index in [1.165, 1.54) is 43.9 Å². The molecule has 0 aromatic heterocycles. The summed E-state index contributed by atoms with van der Waals surface area (Å²) in [5.41, 5.74) is 0. The Balaban J connectivity index is 3.28. The van der Waals surface area contributed by atoms with Crippen molar-refractivity contribution in [3.05, 3.63) is 0 Å². The quantitative estimate of drug-likeness (QED) is 0.419. The zero-order chi connectivity index (χ0) is 10.1. The van der Waals surface area contributed by atoms with Gasteiger partial charge < -0.3 is 0 Å². The molecule has 0 bridgehead atoms. The van der Waals surface area contributed by atoms with Gasteiger partial charge in [-0.1, -0.05) is 68.8 Å². The first-order chi connectivity index (χ1) is 6.22. The van der Waals surface area contributed by atoms with E-state index in [-0.39, 0.29) is 0 Å². The Morgan fingerprint density at radius 3 is 2.08 bits per heavy atom. The molecule has 1 heteroatoms. The minimum atomic E-state index is 0.838. The normalized spacial score (nSPS) is 13.6. The topological polar surface area (TPSA) is 0 Å². The molecule has 0 saturated heterocycles. The van der Waals surface area contributed by atoms with Crippen LogP contribution in [-0.4, -0.2) is 5.33 Å². The molecule has 13 heavy (non-hydrogen) atoms. The molecule has 0 N–H and O–H groups in total. The van der Waals surface area contributed by atoms with Crippen molar-refractivity contribution in [2.45, 2.75) is 59.3 Å². The molecule has 0 amide bonds. The maximum atomic E-state index is 3.60. The van der Waals surface area contributed by atoms with Crippen LogP contribution in [0.25, 0.3) is 0 Å². The third-order valence-corrected chi connectivity index (χ3v) is 3.65. The number of rotatable bonds is 8. The standard InChI is InChI=1S/C12H25Br/c1-4-5-6-7-8-9-12(10-13)11(2)3/h11-12H,4-10H2,1-3H3. The first-order valence-electron chi connectivity index (χ1n) is 5.78. The highest BCUT2D eigenvalue weighted by Crippen LogP contribution is 2.21. The van der Waals surface area contributed by atoms with E-state index < -0.39 is 0 Å². The Kier molecular flexibility index (Phi) is 9.39. The van der Waals surface area contributed by atoms with Gasteiger partial charge in [-0.3, -0.25) is 0 Å². The van der Waals surface area contributed by atoms with E-state index in [1.54, 1.807) is 0 Å². The predicted molar refractivity (Wildman–Crippen MR) is 65.5 cm³/mol. The van der Waals surface area contributed by atoms with E-state index >= 15 is 0 Å². The van der Waals surface area contributed by atoms with Crippen LogP contribution in [0.15, 0.2) is 0 Å². The van der Waals surface area contributed by atoms with Gasteiger partial charge in [0.2, 0.25) is 0 Å². The van der Waals surface area contributed by atoms with E-state index in [0.717, 1.165) is 11.8 Å². The number of hydrogen-bond acceptors (Lipinski definition) is 0. The molecule has 80 valence electrons. The van der Waals surface area contributed by atoms with Crippen LogP contribution in [0, 0.1) is 11.8 Å². The minimum absolute atomic E-state index is 0.838. The fourth-order valence-corrected chi connectivity index (χ4v) is 2.67. The van der Waals surface area contributed by atoms with Crippen molar-refractivity contribution in [3.8, 4) is 0 Å². The Morgan fingerprint density at radius 2 is 1.62 bits per heavy atom. The molecule has 0 aromatic rings. The highest BCUT2D eigenvalue weighted by atomic mass is 79.9. The van der Waals surface area contributed by atoms with Crippen LogP contribution < -0.4 is 0 Å². The van der Waals surface area contributed by atoms with Gasteiger partial charge in [-0.15, -0.1) is 0 Å². The fourth-order valence-electron chi connectivity index (χ4n) is 1.60. The summed E-state index contributed by atoms with van der Waals surface area (Å²) < 4.78 is 0. The summed E-state index contributed by atoms with van der Waals surface area (Å²) in [5, 5.41) is 1.18. The lowest BCUT2D eigenvalue weighted by molar-refractivity contribution is 0.383. The van der Waals surface area contributed by atoms with Crippen LogP contribution in [0.4, 0.5) is 0 Å². The largest absolute Gasteiger partial charge is 0.0925 e. The van der Waals surface area contributed by atoms with Crippen LogP contribution >= 0.6 is 15.9 Å². The van der Waals surface area contributed by atoms with Crippen molar-refractivity contribution in [1.82, 2.24) is 0 Å². The lowest BCUT2D eigenvalue weighted by Gasteiger charge is -2.17. The summed E-state index contributed by atoms with van der Waals surface area (Å²) in [6, 6.07) is 0. The summed E-state index contributed by atoms with van der Waals surface area (Å²) >= 11 is 3.60. The van der Waals surface area contributed by atoms with E-state index in [1.807, 2.05) is 0 Å². The molecule has 0 heterocycles. The van der Waals surface area contributed by atoms with Gasteiger partial charge in [-0.05, 0) is 18.3 Å². The van der Waals surface area contributed by atoms with Crippen LogP contribution in [-0.2, 0) is 0 Å². The molecule has 0 fully saturated rings. The third-order valence-electron chi connectivity index (χ3n) is 2.82. The SMILES string of the molecule is CCCCCCCC(CBr)C(C)C. The summed E-state index contributed by atoms with van der Waals surface area (Å²) in [6.45, 7) is 6.94. The smallest absolute Gasteiger partial charge is 0.00621 e. The zero-order valence-electron chi connectivity index (χ0n) is 9.48. The Bertz CT molecular complexity index is 99.3. The Labute approximate surface area is 92.6 Å². The van der Waals surface area contributed by atoms with Gasteiger partial charge in [0.15, 0.2) is 0 Å². The average molecular weight is 249 g/mol. The summed E-state index contributed by atoms with van der Waals surface area (Å²) in [6.07, 6.45) is 8.47. The number of halogens is 1. The lowest BCUT2D eigenvalue weighted by Crippen LogP contribution is -2.09. The molecule has 0 aliphatic heterocycles. The second kappa shape index (κ2) is 9.05. The van der Waals surface area contributed by atoms with Gasteiger partial charge in [0.05, 0.1) is 0 Å². The van der Waals surface area contributed by atoms with Crippen molar-refractivity contribution >= 4 is 15.9 Å². The zero-order valence-corrected chi connectivity index (χ0v) is 11.1.